The van der Waals surface area contributed by atoms with Gasteiger partial charge in [0.1, 0.15) is 0 Å². The van der Waals surface area contributed by atoms with Crippen molar-refractivity contribution in [3.05, 3.63) is 166 Å². The molecule has 8 atom stereocenters. The summed E-state index contributed by atoms with van der Waals surface area (Å²) in [5.41, 5.74) is 12.6. The minimum absolute atomic E-state index is 0.465. The molecular formula is C52H60N2. The quantitative estimate of drug-likeness (QED) is 0.243. The number of allylic oxidation sites excluding steroid dienone is 21. The van der Waals surface area contributed by atoms with E-state index in [0.717, 1.165) is 19.3 Å². The molecule has 0 N–H and O–H groups in total. The Morgan fingerprint density at radius 2 is 1.56 bits per heavy atom. The van der Waals surface area contributed by atoms with Gasteiger partial charge in [0.05, 0.1) is 6.04 Å². The standard InChI is InChI=1S/C52H60N2/c1-3-12-37(13-4-1)39-22-28-45(29-23-39)53(46-30-24-40(25-31-46)38-14-5-2-6-15-38)47-32-26-41(27-33-47)42-18-11-19-48(34-42)54-51-21-10-9-20-49(51)50-35-43-16-7-8-17-44(43)36-52(50)54/h1,3,5,7,10-12,14-16,19,21-22,24,26,30-32,34,36,40-43,45,47,50,52H,2,4,6,8-9,13,17-18,20,23,25,27-29,33,35H2. The molecule has 10 rings (SSSR count). The zero-order valence-corrected chi connectivity index (χ0v) is 32.4. The summed E-state index contributed by atoms with van der Waals surface area (Å²) >= 11 is 0. The Morgan fingerprint density at radius 1 is 0.611 bits per heavy atom. The van der Waals surface area contributed by atoms with E-state index in [1.54, 1.807) is 22.3 Å². The molecule has 0 saturated heterocycles. The van der Waals surface area contributed by atoms with Gasteiger partial charge in [-0.3, -0.25) is 0 Å². The zero-order chi connectivity index (χ0) is 35.8. The van der Waals surface area contributed by atoms with E-state index >= 15 is 0 Å². The summed E-state index contributed by atoms with van der Waals surface area (Å²) < 4.78 is 0. The highest BCUT2D eigenvalue weighted by Gasteiger charge is 2.44. The lowest BCUT2D eigenvalue weighted by molar-refractivity contribution is 0.180. The van der Waals surface area contributed by atoms with Gasteiger partial charge in [0, 0.05) is 41.0 Å². The first-order chi connectivity index (χ1) is 26.8. The molecule has 2 nitrogen and oxygen atoms in total. The predicted molar refractivity (Wildman–Crippen MR) is 226 cm³/mol. The van der Waals surface area contributed by atoms with E-state index in [-0.39, 0.29) is 0 Å². The molecule has 8 unspecified atom stereocenters. The van der Waals surface area contributed by atoms with E-state index in [4.69, 9.17) is 0 Å². The van der Waals surface area contributed by atoms with E-state index in [0.29, 0.717) is 47.7 Å². The second-order valence-corrected chi connectivity index (χ2v) is 17.7. The van der Waals surface area contributed by atoms with Crippen LogP contribution in [0.15, 0.2) is 166 Å². The third-order valence-corrected chi connectivity index (χ3v) is 14.6. The van der Waals surface area contributed by atoms with E-state index < -0.39 is 0 Å². The fourth-order valence-corrected chi connectivity index (χ4v) is 11.8. The van der Waals surface area contributed by atoms with Crippen LogP contribution in [0.3, 0.4) is 0 Å². The van der Waals surface area contributed by atoms with Gasteiger partial charge >= 0.3 is 0 Å². The van der Waals surface area contributed by atoms with Crippen molar-refractivity contribution in [2.24, 2.45) is 29.6 Å². The SMILES string of the molecule is C1=CCCC(C2=CCC(N(C3=CCC(C4=CCCC=C4)C=C3)C3C=CC(C4C=C(N5C6=C(CCC=C6)C6CC7C=CCCC7=CC65)C=CC4)CC3)CC2)=C1. The van der Waals surface area contributed by atoms with Crippen molar-refractivity contribution in [1.82, 2.24) is 9.80 Å². The molecule has 10 aliphatic rings. The van der Waals surface area contributed by atoms with Gasteiger partial charge in [0.15, 0.2) is 0 Å². The van der Waals surface area contributed by atoms with Crippen LogP contribution in [0.4, 0.5) is 0 Å². The van der Waals surface area contributed by atoms with Gasteiger partial charge in [0.2, 0.25) is 0 Å². The lowest BCUT2D eigenvalue weighted by atomic mass is 9.72. The Kier molecular flexibility index (Phi) is 9.72. The second-order valence-electron chi connectivity index (χ2n) is 17.7. The van der Waals surface area contributed by atoms with Gasteiger partial charge < -0.3 is 9.80 Å². The van der Waals surface area contributed by atoms with E-state index in [2.05, 4.69) is 131 Å². The predicted octanol–water partition coefficient (Wildman–Crippen LogP) is 12.8. The van der Waals surface area contributed by atoms with Gasteiger partial charge in [-0.05, 0) is 161 Å². The van der Waals surface area contributed by atoms with Crippen molar-refractivity contribution >= 4 is 0 Å². The maximum Gasteiger partial charge on any atom is 0.0591 e. The fourth-order valence-electron chi connectivity index (χ4n) is 11.8. The highest BCUT2D eigenvalue weighted by atomic mass is 15.2. The molecule has 0 spiro atoms. The van der Waals surface area contributed by atoms with Gasteiger partial charge in [0.25, 0.3) is 0 Å². The topological polar surface area (TPSA) is 6.48 Å². The molecule has 54 heavy (non-hydrogen) atoms. The number of hydrogen-bond donors (Lipinski definition) is 0. The first kappa shape index (κ1) is 34.5. The molecule has 0 bridgehead atoms. The minimum atomic E-state index is 0.465. The summed E-state index contributed by atoms with van der Waals surface area (Å²) in [6, 6.07) is 1.51. The molecule has 9 aliphatic carbocycles. The van der Waals surface area contributed by atoms with Gasteiger partial charge in [-0.2, -0.15) is 0 Å². The van der Waals surface area contributed by atoms with Crippen LogP contribution in [0, 0.1) is 29.6 Å². The summed E-state index contributed by atoms with van der Waals surface area (Å²) in [4.78, 5) is 5.64. The van der Waals surface area contributed by atoms with Gasteiger partial charge in [-0.1, -0.05) is 109 Å². The zero-order valence-electron chi connectivity index (χ0n) is 32.4. The van der Waals surface area contributed by atoms with Crippen molar-refractivity contribution in [3.8, 4) is 0 Å². The van der Waals surface area contributed by atoms with E-state index in [1.165, 1.54) is 106 Å². The lowest BCUT2D eigenvalue weighted by Gasteiger charge is -2.44. The molecule has 0 radical (unpaired) electrons. The minimum Gasteiger partial charge on any atom is -0.362 e. The second kappa shape index (κ2) is 15.2. The average molecular weight is 713 g/mol. The Labute approximate surface area is 325 Å². The molecule has 1 heterocycles. The highest BCUT2D eigenvalue weighted by Crippen LogP contribution is 2.51. The van der Waals surface area contributed by atoms with E-state index in [9.17, 15) is 0 Å². The van der Waals surface area contributed by atoms with Crippen molar-refractivity contribution in [2.45, 2.75) is 121 Å². The molecule has 0 aromatic carbocycles. The van der Waals surface area contributed by atoms with Crippen LogP contribution < -0.4 is 0 Å². The largest absolute Gasteiger partial charge is 0.362 e. The maximum absolute atomic E-state index is 2.87. The summed E-state index contributed by atoms with van der Waals surface area (Å²) in [6.07, 6.45) is 69.2. The maximum atomic E-state index is 2.87. The molecule has 1 aliphatic heterocycles. The van der Waals surface area contributed by atoms with Crippen LogP contribution in [0.25, 0.3) is 0 Å². The number of rotatable bonds is 7. The molecule has 2 heteroatoms. The van der Waals surface area contributed by atoms with Crippen LogP contribution in [0.2, 0.25) is 0 Å². The normalized spacial score (nSPS) is 35.4. The Bertz CT molecular complexity index is 1940. The smallest absolute Gasteiger partial charge is 0.0591 e. The van der Waals surface area contributed by atoms with Crippen LogP contribution in [-0.4, -0.2) is 27.9 Å². The molecule has 0 saturated carbocycles. The number of hydrogen-bond acceptors (Lipinski definition) is 2. The van der Waals surface area contributed by atoms with Crippen LogP contribution in [0.5, 0.6) is 0 Å². The third-order valence-electron chi connectivity index (χ3n) is 14.6. The molecule has 0 aromatic rings. The first-order valence-electron chi connectivity index (χ1n) is 22.0. The molecule has 0 aromatic heterocycles. The van der Waals surface area contributed by atoms with Gasteiger partial charge in [-0.15, -0.1) is 0 Å². The van der Waals surface area contributed by atoms with E-state index in [1.807, 2.05) is 0 Å². The van der Waals surface area contributed by atoms with Crippen molar-refractivity contribution in [2.75, 3.05) is 0 Å². The summed E-state index contributed by atoms with van der Waals surface area (Å²) in [5.74, 6) is 3.01. The summed E-state index contributed by atoms with van der Waals surface area (Å²) in [7, 11) is 0. The average Bonchev–Trinajstić information content (AvgIpc) is 3.57. The molecule has 0 amide bonds. The van der Waals surface area contributed by atoms with Crippen molar-refractivity contribution in [3.63, 3.8) is 0 Å². The summed E-state index contributed by atoms with van der Waals surface area (Å²) in [6.45, 7) is 0. The Morgan fingerprint density at radius 3 is 2.37 bits per heavy atom. The Balaban J connectivity index is 0.890. The molecular weight excluding hydrogens is 653 g/mol. The van der Waals surface area contributed by atoms with Crippen LogP contribution >= 0.6 is 0 Å². The Hall–Kier alpha value is -4.04. The molecule has 278 valence electrons. The third kappa shape index (κ3) is 6.67. The van der Waals surface area contributed by atoms with Crippen molar-refractivity contribution < 1.29 is 0 Å². The number of nitrogens with zero attached hydrogens (tertiary/aromatic N) is 2. The lowest BCUT2D eigenvalue weighted by Crippen LogP contribution is -2.44. The monoisotopic (exact) mass is 712 g/mol. The molecule has 0 fully saturated rings. The fraction of sp³-hybridized carbons (Fsp3) is 0.462. The summed E-state index contributed by atoms with van der Waals surface area (Å²) in [5, 5.41) is 0. The highest BCUT2D eigenvalue weighted by molar-refractivity contribution is 5.47. The van der Waals surface area contributed by atoms with Gasteiger partial charge in [-0.25, -0.2) is 0 Å². The van der Waals surface area contributed by atoms with Crippen LogP contribution in [0.1, 0.15) is 103 Å². The van der Waals surface area contributed by atoms with Crippen LogP contribution in [-0.2, 0) is 0 Å². The number of fused-ring (bicyclic) bond motifs is 3. The first-order valence-corrected chi connectivity index (χ1v) is 22.0. The van der Waals surface area contributed by atoms with Crippen molar-refractivity contribution in [1.29, 1.82) is 0 Å².